The van der Waals surface area contributed by atoms with Gasteiger partial charge in [-0.2, -0.15) is 8.78 Å². The van der Waals surface area contributed by atoms with Crippen molar-refractivity contribution in [1.82, 2.24) is 0 Å². The first-order chi connectivity index (χ1) is 6.43. The predicted molar refractivity (Wildman–Crippen MR) is 49.0 cm³/mol. The largest absolute Gasteiger partial charge is 0.364 e. The molecule has 0 aliphatic heterocycles. The van der Waals surface area contributed by atoms with Crippen molar-refractivity contribution in [3.63, 3.8) is 0 Å². The summed E-state index contributed by atoms with van der Waals surface area (Å²) in [6, 6.07) is 6.68. The number of rotatable bonds is 3. The van der Waals surface area contributed by atoms with Gasteiger partial charge in [0.05, 0.1) is 0 Å². The Morgan fingerprint density at radius 2 is 2.00 bits per heavy atom. The molecule has 14 heavy (non-hydrogen) atoms. The topological polar surface area (TPSA) is 43.1 Å². The minimum Gasteiger partial charge on any atom is -0.364 e. The van der Waals surface area contributed by atoms with Gasteiger partial charge in [0.1, 0.15) is 0 Å². The summed E-state index contributed by atoms with van der Waals surface area (Å²) in [5.41, 5.74) is 5.75. The number of benzene rings is 1. The third kappa shape index (κ3) is 2.28. The Labute approximate surface area is 80.7 Å². The van der Waals surface area contributed by atoms with E-state index in [1.807, 2.05) is 0 Å². The van der Waals surface area contributed by atoms with Crippen LogP contribution in [0.15, 0.2) is 24.3 Å². The van der Waals surface area contributed by atoms with E-state index >= 15 is 0 Å². The van der Waals surface area contributed by atoms with Gasteiger partial charge in [-0.15, -0.1) is 0 Å². The number of hydrogen-bond donors (Lipinski definition) is 1. The van der Waals surface area contributed by atoms with Gasteiger partial charge >= 0.3 is 5.92 Å². The molecular formula is C10H11F2NO. The Kier molecular flexibility index (Phi) is 2.84. The molecule has 0 bridgehead atoms. The summed E-state index contributed by atoms with van der Waals surface area (Å²) in [6.45, 7) is 1.71. The summed E-state index contributed by atoms with van der Waals surface area (Å²) < 4.78 is 25.9. The average Bonchev–Trinajstić information content (AvgIpc) is 2.08. The molecular weight excluding hydrogens is 188 g/mol. The number of carbonyl (C=O) groups excluding carboxylic acids is 1. The molecule has 1 amide bonds. The highest BCUT2D eigenvalue weighted by Gasteiger charge is 2.36. The van der Waals surface area contributed by atoms with Crippen molar-refractivity contribution in [1.29, 1.82) is 0 Å². The first kappa shape index (κ1) is 10.6. The van der Waals surface area contributed by atoms with E-state index in [-0.39, 0.29) is 0 Å². The quantitative estimate of drug-likeness (QED) is 0.790. The van der Waals surface area contributed by atoms with Crippen molar-refractivity contribution in [2.75, 3.05) is 0 Å². The lowest BCUT2D eigenvalue weighted by molar-refractivity contribution is -0.141. The summed E-state index contributed by atoms with van der Waals surface area (Å²) in [5, 5.41) is 0. The van der Waals surface area contributed by atoms with E-state index in [1.54, 1.807) is 31.2 Å². The minimum atomic E-state index is -3.47. The summed E-state index contributed by atoms with van der Waals surface area (Å²) in [7, 11) is 0. The van der Waals surface area contributed by atoms with Gasteiger partial charge in [0, 0.05) is 6.42 Å². The molecule has 1 aromatic carbocycles. The van der Waals surface area contributed by atoms with Crippen LogP contribution in [0.4, 0.5) is 8.78 Å². The van der Waals surface area contributed by atoms with Gasteiger partial charge in [-0.25, -0.2) is 0 Å². The standard InChI is InChI=1S/C10H11F2NO/c1-7-4-2-3-5-8(7)6-10(11,12)9(13)14/h2-5H,6H2,1H3,(H2,13,14). The van der Waals surface area contributed by atoms with Gasteiger partial charge in [0.2, 0.25) is 0 Å². The fraction of sp³-hybridized carbons (Fsp3) is 0.300. The van der Waals surface area contributed by atoms with E-state index in [9.17, 15) is 13.6 Å². The molecule has 0 atom stereocenters. The van der Waals surface area contributed by atoms with Gasteiger partial charge in [0.15, 0.2) is 0 Å². The predicted octanol–water partition coefficient (Wildman–Crippen LogP) is 1.66. The Morgan fingerprint density at radius 3 is 2.50 bits per heavy atom. The third-order valence-corrected chi connectivity index (χ3v) is 2.03. The number of halogens is 2. The van der Waals surface area contributed by atoms with Crippen molar-refractivity contribution in [3.05, 3.63) is 35.4 Å². The smallest absolute Gasteiger partial charge is 0.328 e. The highest BCUT2D eigenvalue weighted by Crippen LogP contribution is 2.21. The van der Waals surface area contributed by atoms with Crippen LogP contribution in [0.5, 0.6) is 0 Å². The molecule has 0 aliphatic rings. The average molecular weight is 199 g/mol. The maximum atomic E-state index is 12.9. The van der Waals surface area contributed by atoms with Gasteiger partial charge < -0.3 is 5.73 Å². The van der Waals surface area contributed by atoms with Gasteiger partial charge in [-0.1, -0.05) is 24.3 Å². The molecule has 0 aliphatic carbocycles. The zero-order valence-electron chi connectivity index (χ0n) is 7.76. The summed E-state index contributed by atoms with van der Waals surface area (Å²) in [6.07, 6.45) is -0.630. The van der Waals surface area contributed by atoms with Crippen molar-refractivity contribution in [2.24, 2.45) is 5.73 Å². The maximum Gasteiger partial charge on any atom is 0.328 e. The number of hydrogen-bond acceptors (Lipinski definition) is 1. The summed E-state index contributed by atoms with van der Waals surface area (Å²) in [4.78, 5) is 10.4. The number of aryl methyl sites for hydroxylation is 1. The zero-order valence-corrected chi connectivity index (χ0v) is 7.76. The lowest BCUT2D eigenvalue weighted by atomic mass is 10.0. The molecule has 0 saturated heterocycles. The molecule has 0 fully saturated rings. The second-order valence-electron chi connectivity index (χ2n) is 3.17. The fourth-order valence-corrected chi connectivity index (χ4v) is 1.13. The van der Waals surface area contributed by atoms with E-state index < -0.39 is 18.3 Å². The molecule has 0 aromatic heterocycles. The Balaban J connectivity index is 2.89. The Hall–Kier alpha value is -1.45. The first-order valence-electron chi connectivity index (χ1n) is 4.16. The van der Waals surface area contributed by atoms with E-state index in [0.29, 0.717) is 5.56 Å². The van der Waals surface area contributed by atoms with Crippen LogP contribution < -0.4 is 5.73 Å². The van der Waals surface area contributed by atoms with Crippen LogP contribution in [0.3, 0.4) is 0 Å². The lowest BCUT2D eigenvalue weighted by Crippen LogP contribution is -2.37. The monoisotopic (exact) mass is 199 g/mol. The van der Waals surface area contributed by atoms with Crippen molar-refractivity contribution in [3.8, 4) is 0 Å². The second-order valence-corrected chi connectivity index (χ2v) is 3.17. The lowest BCUT2D eigenvalue weighted by Gasteiger charge is -2.13. The molecule has 0 radical (unpaired) electrons. The SMILES string of the molecule is Cc1ccccc1CC(F)(F)C(N)=O. The summed E-state index contributed by atoms with van der Waals surface area (Å²) >= 11 is 0. The van der Waals surface area contributed by atoms with Crippen molar-refractivity contribution >= 4 is 5.91 Å². The normalized spacial score (nSPS) is 11.4. The van der Waals surface area contributed by atoms with Crippen LogP contribution in [-0.4, -0.2) is 11.8 Å². The molecule has 2 nitrogen and oxygen atoms in total. The fourth-order valence-electron chi connectivity index (χ4n) is 1.13. The van der Waals surface area contributed by atoms with Gasteiger partial charge in [-0.05, 0) is 18.1 Å². The van der Waals surface area contributed by atoms with Crippen LogP contribution in [0, 0.1) is 6.92 Å². The summed E-state index contributed by atoms with van der Waals surface area (Å²) in [5.74, 6) is -5.05. The number of alkyl halides is 2. The van der Waals surface area contributed by atoms with Crippen LogP contribution in [0.1, 0.15) is 11.1 Å². The minimum absolute atomic E-state index is 0.441. The molecule has 0 saturated carbocycles. The Morgan fingerprint density at radius 1 is 1.43 bits per heavy atom. The molecule has 0 heterocycles. The number of nitrogens with two attached hydrogens (primary N) is 1. The van der Waals surface area contributed by atoms with Crippen molar-refractivity contribution in [2.45, 2.75) is 19.3 Å². The molecule has 1 rings (SSSR count). The number of amides is 1. The van der Waals surface area contributed by atoms with Crippen LogP contribution in [0.25, 0.3) is 0 Å². The van der Waals surface area contributed by atoms with Crippen LogP contribution in [-0.2, 0) is 11.2 Å². The van der Waals surface area contributed by atoms with Gasteiger partial charge in [-0.3, -0.25) is 4.79 Å². The highest BCUT2D eigenvalue weighted by molar-refractivity contribution is 5.81. The van der Waals surface area contributed by atoms with E-state index in [0.717, 1.165) is 5.56 Å². The first-order valence-corrected chi connectivity index (χ1v) is 4.16. The molecule has 76 valence electrons. The second kappa shape index (κ2) is 3.74. The van der Waals surface area contributed by atoms with Gasteiger partial charge in [0.25, 0.3) is 5.91 Å². The zero-order chi connectivity index (χ0) is 10.8. The van der Waals surface area contributed by atoms with E-state index in [1.165, 1.54) is 0 Å². The third-order valence-electron chi connectivity index (χ3n) is 2.03. The number of primary amides is 1. The molecule has 0 unspecified atom stereocenters. The Bertz CT molecular complexity index is 350. The maximum absolute atomic E-state index is 12.9. The van der Waals surface area contributed by atoms with Crippen LogP contribution >= 0.6 is 0 Å². The van der Waals surface area contributed by atoms with Crippen molar-refractivity contribution < 1.29 is 13.6 Å². The molecule has 2 N–H and O–H groups in total. The number of carbonyl (C=O) groups is 1. The molecule has 1 aromatic rings. The highest BCUT2D eigenvalue weighted by atomic mass is 19.3. The van der Waals surface area contributed by atoms with E-state index in [4.69, 9.17) is 0 Å². The van der Waals surface area contributed by atoms with Crippen LogP contribution in [0.2, 0.25) is 0 Å². The van der Waals surface area contributed by atoms with E-state index in [2.05, 4.69) is 5.73 Å². The molecule has 0 spiro atoms. The molecule has 4 heteroatoms.